The van der Waals surface area contributed by atoms with Crippen molar-refractivity contribution in [1.82, 2.24) is 20.4 Å². The van der Waals surface area contributed by atoms with Crippen molar-refractivity contribution >= 4 is 11.6 Å². The van der Waals surface area contributed by atoms with Gasteiger partial charge in [-0.05, 0) is 43.5 Å². The Hall–Kier alpha value is -3.48. The van der Waals surface area contributed by atoms with E-state index in [9.17, 15) is 9.18 Å². The molecular weight excluding hydrogens is 383 g/mol. The van der Waals surface area contributed by atoms with E-state index in [2.05, 4.69) is 22.4 Å². The Morgan fingerprint density at radius 1 is 1.17 bits per heavy atom. The molecule has 0 radical (unpaired) electrons. The van der Waals surface area contributed by atoms with E-state index in [0.29, 0.717) is 23.8 Å². The SMILES string of the molecule is CCc1ccc(C2NC(=O)N(CC)C(C)=C2c2nc(-c3cccc(F)c3)no2)cc1. The topological polar surface area (TPSA) is 71.3 Å². The van der Waals surface area contributed by atoms with Crippen LogP contribution in [0.1, 0.15) is 43.8 Å². The number of carbonyl (C=O) groups is 1. The van der Waals surface area contributed by atoms with Crippen molar-refractivity contribution in [3.05, 3.63) is 77.1 Å². The average molecular weight is 406 g/mol. The monoisotopic (exact) mass is 406 g/mol. The van der Waals surface area contributed by atoms with Gasteiger partial charge in [-0.2, -0.15) is 4.98 Å². The van der Waals surface area contributed by atoms with Gasteiger partial charge in [0.25, 0.3) is 5.89 Å². The zero-order valence-corrected chi connectivity index (χ0v) is 17.1. The van der Waals surface area contributed by atoms with Gasteiger partial charge in [-0.15, -0.1) is 0 Å². The molecule has 4 rings (SSSR count). The van der Waals surface area contributed by atoms with Gasteiger partial charge < -0.3 is 9.84 Å². The van der Waals surface area contributed by atoms with Crippen LogP contribution in [-0.2, 0) is 6.42 Å². The van der Waals surface area contributed by atoms with Crippen LogP contribution in [0.3, 0.4) is 0 Å². The first-order chi connectivity index (χ1) is 14.5. The summed E-state index contributed by atoms with van der Waals surface area (Å²) in [6, 6.07) is 13.6. The molecule has 0 saturated carbocycles. The number of hydrogen-bond acceptors (Lipinski definition) is 4. The van der Waals surface area contributed by atoms with Crippen LogP contribution in [0.25, 0.3) is 17.0 Å². The number of hydrogen-bond donors (Lipinski definition) is 1. The summed E-state index contributed by atoms with van der Waals surface area (Å²) in [5, 5.41) is 7.09. The highest BCUT2D eigenvalue weighted by molar-refractivity contribution is 5.86. The predicted molar refractivity (Wildman–Crippen MR) is 112 cm³/mol. The molecule has 2 amide bonds. The molecule has 0 fully saturated rings. The van der Waals surface area contributed by atoms with E-state index in [4.69, 9.17) is 4.52 Å². The lowest BCUT2D eigenvalue weighted by atomic mass is 9.94. The third-order valence-corrected chi connectivity index (χ3v) is 5.37. The number of allylic oxidation sites excluding steroid dienone is 1. The lowest BCUT2D eigenvalue weighted by molar-refractivity contribution is 0.207. The summed E-state index contributed by atoms with van der Waals surface area (Å²) in [6.07, 6.45) is 0.934. The molecule has 1 aromatic heterocycles. The molecule has 1 unspecified atom stereocenters. The molecule has 3 aromatic rings. The van der Waals surface area contributed by atoms with Gasteiger partial charge in [0.2, 0.25) is 5.82 Å². The maximum atomic E-state index is 13.6. The third-order valence-electron chi connectivity index (χ3n) is 5.37. The summed E-state index contributed by atoms with van der Waals surface area (Å²) in [7, 11) is 0. The number of nitrogens with zero attached hydrogens (tertiary/aromatic N) is 3. The molecule has 2 aromatic carbocycles. The van der Waals surface area contributed by atoms with E-state index in [-0.39, 0.29) is 11.8 Å². The average Bonchev–Trinajstić information content (AvgIpc) is 3.23. The highest BCUT2D eigenvalue weighted by atomic mass is 19.1. The summed E-state index contributed by atoms with van der Waals surface area (Å²) in [5.41, 5.74) is 4.15. The minimum absolute atomic E-state index is 0.173. The molecular formula is C23H23FN4O2. The van der Waals surface area contributed by atoms with Crippen LogP contribution in [0.2, 0.25) is 0 Å². The van der Waals surface area contributed by atoms with E-state index in [1.165, 1.54) is 17.7 Å². The van der Waals surface area contributed by atoms with Crippen molar-refractivity contribution in [2.75, 3.05) is 6.54 Å². The molecule has 1 aliphatic rings. The summed E-state index contributed by atoms with van der Waals surface area (Å²) in [4.78, 5) is 18.8. The second-order valence-electron chi connectivity index (χ2n) is 7.15. The Morgan fingerprint density at radius 3 is 2.60 bits per heavy atom. The highest BCUT2D eigenvalue weighted by Gasteiger charge is 2.35. The van der Waals surface area contributed by atoms with Crippen molar-refractivity contribution in [1.29, 1.82) is 0 Å². The number of urea groups is 1. The Balaban J connectivity index is 1.80. The number of nitrogens with one attached hydrogen (secondary N) is 1. The maximum Gasteiger partial charge on any atom is 0.322 e. The van der Waals surface area contributed by atoms with Crippen LogP contribution in [0, 0.1) is 5.82 Å². The van der Waals surface area contributed by atoms with Crippen molar-refractivity contribution in [3.8, 4) is 11.4 Å². The van der Waals surface area contributed by atoms with E-state index < -0.39 is 6.04 Å². The smallest absolute Gasteiger partial charge is 0.322 e. The summed E-state index contributed by atoms with van der Waals surface area (Å²) in [5.74, 6) is 0.227. The Labute approximate surface area is 174 Å². The number of carbonyl (C=O) groups excluding carboxylic acids is 1. The first-order valence-electron chi connectivity index (χ1n) is 9.99. The number of amides is 2. The minimum atomic E-state index is -0.424. The van der Waals surface area contributed by atoms with Gasteiger partial charge >= 0.3 is 6.03 Å². The zero-order valence-electron chi connectivity index (χ0n) is 17.1. The molecule has 30 heavy (non-hydrogen) atoms. The fourth-order valence-corrected chi connectivity index (χ4v) is 3.71. The number of halogens is 1. The maximum absolute atomic E-state index is 13.6. The number of benzene rings is 2. The van der Waals surface area contributed by atoms with Crippen LogP contribution >= 0.6 is 0 Å². The van der Waals surface area contributed by atoms with Crippen molar-refractivity contribution in [2.45, 2.75) is 33.2 Å². The van der Waals surface area contributed by atoms with E-state index >= 15 is 0 Å². The van der Waals surface area contributed by atoms with Crippen molar-refractivity contribution in [2.24, 2.45) is 0 Å². The summed E-state index contributed by atoms with van der Waals surface area (Å²) >= 11 is 0. The van der Waals surface area contributed by atoms with Gasteiger partial charge in [0.05, 0.1) is 11.6 Å². The quantitative estimate of drug-likeness (QED) is 0.650. The summed E-state index contributed by atoms with van der Waals surface area (Å²) in [6.45, 7) is 6.38. The van der Waals surface area contributed by atoms with Crippen LogP contribution in [0.4, 0.5) is 9.18 Å². The molecule has 0 spiro atoms. The Bertz CT molecular complexity index is 1100. The van der Waals surface area contributed by atoms with Gasteiger partial charge in [0, 0.05) is 17.8 Å². The lowest BCUT2D eigenvalue weighted by Crippen LogP contribution is -2.45. The normalized spacial score (nSPS) is 16.7. The summed E-state index contributed by atoms with van der Waals surface area (Å²) < 4.78 is 19.2. The van der Waals surface area contributed by atoms with Crippen LogP contribution in [0.15, 0.2) is 58.8 Å². The molecule has 2 heterocycles. The predicted octanol–water partition coefficient (Wildman–Crippen LogP) is 4.96. The first kappa shape index (κ1) is 19.8. The molecule has 6 nitrogen and oxygen atoms in total. The molecule has 0 aliphatic carbocycles. The van der Waals surface area contributed by atoms with Crippen LogP contribution in [-0.4, -0.2) is 27.6 Å². The first-order valence-corrected chi connectivity index (χ1v) is 9.99. The van der Waals surface area contributed by atoms with Gasteiger partial charge in [-0.25, -0.2) is 9.18 Å². The van der Waals surface area contributed by atoms with Gasteiger partial charge in [-0.3, -0.25) is 4.90 Å². The molecule has 1 aliphatic heterocycles. The molecule has 0 bridgehead atoms. The standard InChI is InChI=1S/C23H23FN4O2/c1-4-15-9-11-16(12-10-15)20-19(14(3)28(5-2)23(29)25-20)22-26-21(27-30-22)17-7-6-8-18(24)13-17/h6-13,20H,4-5H2,1-3H3,(H,25,29). The fraction of sp³-hybridized carbons (Fsp3) is 0.261. The van der Waals surface area contributed by atoms with E-state index in [1.54, 1.807) is 17.0 Å². The highest BCUT2D eigenvalue weighted by Crippen LogP contribution is 2.37. The second-order valence-corrected chi connectivity index (χ2v) is 7.15. The third kappa shape index (κ3) is 3.58. The molecule has 7 heteroatoms. The molecule has 1 N–H and O–H groups in total. The van der Waals surface area contributed by atoms with Crippen LogP contribution in [0.5, 0.6) is 0 Å². The van der Waals surface area contributed by atoms with Gasteiger partial charge in [-0.1, -0.05) is 48.5 Å². The second kappa shape index (κ2) is 8.10. The number of aromatic nitrogens is 2. The largest absolute Gasteiger partial charge is 0.334 e. The van der Waals surface area contributed by atoms with Crippen molar-refractivity contribution < 1.29 is 13.7 Å². The minimum Gasteiger partial charge on any atom is -0.334 e. The lowest BCUT2D eigenvalue weighted by Gasteiger charge is -2.34. The zero-order chi connectivity index (χ0) is 21.3. The van der Waals surface area contributed by atoms with Gasteiger partial charge in [0.1, 0.15) is 5.82 Å². The Kier molecular flexibility index (Phi) is 5.35. The molecule has 154 valence electrons. The van der Waals surface area contributed by atoms with E-state index in [1.807, 2.05) is 38.1 Å². The van der Waals surface area contributed by atoms with E-state index in [0.717, 1.165) is 23.3 Å². The van der Waals surface area contributed by atoms with Crippen LogP contribution < -0.4 is 5.32 Å². The number of aryl methyl sites for hydroxylation is 1. The number of rotatable bonds is 5. The van der Waals surface area contributed by atoms with Crippen molar-refractivity contribution in [3.63, 3.8) is 0 Å². The van der Waals surface area contributed by atoms with Gasteiger partial charge in [0.15, 0.2) is 0 Å². The Morgan fingerprint density at radius 2 is 1.93 bits per heavy atom. The molecule has 0 saturated heterocycles. The fourth-order valence-electron chi connectivity index (χ4n) is 3.71. The molecule has 1 atom stereocenters.